The van der Waals surface area contributed by atoms with E-state index in [9.17, 15) is 4.79 Å². The van der Waals surface area contributed by atoms with Gasteiger partial charge in [0.2, 0.25) is 5.91 Å². The normalized spacial score (nSPS) is 11.9. The van der Waals surface area contributed by atoms with E-state index in [-0.39, 0.29) is 5.91 Å². The highest BCUT2D eigenvalue weighted by atomic mass is 16.5. The van der Waals surface area contributed by atoms with Gasteiger partial charge in [0.25, 0.3) is 0 Å². The van der Waals surface area contributed by atoms with Gasteiger partial charge in [-0.15, -0.1) is 0 Å². The third kappa shape index (κ3) is 6.25. The Morgan fingerprint density at radius 2 is 2.00 bits per heavy atom. The highest BCUT2D eigenvalue weighted by Gasteiger charge is 2.05. The molecular weight excluding hydrogens is 240 g/mol. The van der Waals surface area contributed by atoms with Gasteiger partial charge in [-0.1, -0.05) is 12.1 Å². The van der Waals surface area contributed by atoms with Gasteiger partial charge in [-0.25, -0.2) is 0 Å². The number of benzene rings is 1. The summed E-state index contributed by atoms with van der Waals surface area (Å²) < 4.78 is 5.13. The summed E-state index contributed by atoms with van der Waals surface area (Å²) in [6.07, 6.45) is 2.00. The summed E-state index contributed by atoms with van der Waals surface area (Å²) in [6, 6.07) is 8.43. The highest BCUT2D eigenvalue weighted by molar-refractivity contribution is 5.77. The zero-order valence-corrected chi connectivity index (χ0v) is 12.0. The number of carbonyl (C=O) groups excluding carboxylic acids is 1. The van der Waals surface area contributed by atoms with Crippen LogP contribution >= 0.6 is 0 Å². The van der Waals surface area contributed by atoms with Crippen LogP contribution in [0.5, 0.6) is 5.75 Å². The molecule has 2 N–H and O–H groups in total. The number of hydrogen-bond donors (Lipinski definition) is 2. The van der Waals surface area contributed by atoms with E-state index in [0.29, 0.717) is 19.1 Å². The summed E-state index contributed by atoms with van der Waals surface area (Å²) in [6.45, 7) is 5.09. The summed E-state index contributed by atoms with van der Waals surface area (Å²) in [4.78, 5) is 11.3. The van der Waals surface area contributed by atoms with Crippen molar-refractivity contribution in [2.75, 3.05) is 20.2 Å². The second-order valence-corrected chi connectivity index (χ2v) is 4.62. The van der Waals surface area contributed by atoms with Gasteiger partial charge < -0.3 is 15.4 Å². The number of amides is 1. The predicted molar refractivity (Wildman–Crippen MR) is 77.5 cm³/mol. The molecule has 4 heteroatoms. The molecule has 0 aliphatic rings. The second-order valence-electron chi connectivity index (χ2n) is 4.62. The van der Waals surface area contributed by atoms with Crippen LogP contribution in [0.15, 0.2) is 24.3 Å². The first-order valence-corrected chi connectivity index (χ1v) is 6.78. The third-order valence-electron chi connectivity index (χ3n) is 3.01. The molecule has 1 aromatic carbocycles. The van der Waals surface area contributed by atoms with Crippen LogP contribution in [0.25, 0.3) is 0 Å². The van der Waals surface area contributed by atoms with Crippen molar-refractivity contribution in [2.24, 2.45) is 0 Å². The maximum atomic E-state index is 11.3. The van der Waals surface area contributed by atoms with Crippen LogP contribution in [0, 0.1) is 0 Å². The Bertz CT molecular complexity index is 376. The molecular formula is C15H24N2O2. The van der Waals surface area contributed by atoms with Crippen molar-refractivity contribution < 1.29 is 9.53 Å². The lowest BCUT2D eigenvalue weighted by Crippen LogP contribution is -2.38. The zero-order chi connectivity index (χ0) is 14.1. The minimum atomic E-state index is 0.0544. The lowest BCUT2D eigenvalue weighted by atomic mass is 10.1. The first kappa shape index (κ1) is 15.5. The van der Waals surface area contributed by atoms with E-state index in [1.807, 2.05) is 19.1 Å². The lowest BCUT2D eigenvalue weighted by Gasteiger charge is -2.13. The summed E-state index contributed by atoms with van der Waals surface area (Å²) >= 11 is 0. The van der Waals surface area contributed by atoms with Gasteiger partial charge in [0, 0.05) is 12.6 Å². The zero-order valence-electron chi connectivity index (χ0n) is 12.0. The van der Waals surface area contributed by atoms with Gasteiger partial charge in [-0.3, -0.25) is 4.79 Å². The van der Waals surface area contributed by atoms with E-state index in [1.165, 1.54) is 5.56 Å². The molecule has 0 radical (unpaired) electrons. The Hall–Kier alpha value is -1.55. The lowest BCUT2D eigenvalue weighted by molar-refractivity contribution is -0.120. The summed E-state index contributed by atoms with van der Waals surface area (Å²) in [5.41, 5.74) is 1.28. The number of carbonyl (C=O) groups is 1. The average Bonchev–Trinajstić information content (AvgIpc) is 2.44. The molecule has 1 aromatic rings. The number of aryl methyl sites for hydroxylation is 1. The van der Waals surface area contributed by atoms with Crippen LogP contribution in [0.4, 0.5) is 0 Å². The fourth-order valence-corrected chi connectivity index (χ4v) is 1.80. The maximum Gasteiger partial charge on any atom is 0.233 e. The van der Waals surface area contributed by atoms with Crippen molar-refractivity contribution in [3.05, 3.63) is 29.8 Å². The second kappa shape index (κ2) is 8.53. The first-order valence-electron chi connectivity index (χ1n) is 6.78. The van der Waals surface area contributed by atoms with E-state index in [1.54, 1.807) is 7.11 Å². The molecule has 0 aliphatic heterocycles. The van der Waals surface area contributed by atoms with Crippen LogP contribution in [0.3, 0.4) is 0 Å². The largest absolute Gasteiger partial charge is 0.497 e. The molecule has 0 aliphatic carbocycles. The van der Waals surface area contributed by atoms with Gasteiger partial charge in [0.15, 0.2) is 0 Å². The third-order valence-corrected chi connectivity index (χ3v) is 3.01. The Kier molecular flexibility index (Phi) is 6.97. The molecule has 0 heterocycles. The molecule has 19 heavy (non-hydrogen) atoms. The van der Waals surface area contributed by atoms with Crippen LogP contribution in [0.1, 0.15) is 25.8 Å². The molecule has 1 atom stereocenters. The summed E-state index contributed by atoms with van der Waals surface area (Å²) in [5.74, 6) is 0.935. The van der Waals surface area contributed by atoms with Crippen LogP contribution in [-0.2, 0) is 11.2 Å². The van der Waals surface area contributed by atoms with Gasteiger partial charge in [-0.2, -0.15) is 0 Å². The molecule has 1 amide bonds. The summed E-state index contributed by atoms with van der Waals surface area (Å²) in [5, 5.41) is 6.00. The van der Waals surface area contributed by atoms with Crippen molar-refractivity contribution in [3.63, 3.8) is 0 Å². The van der Waals surface area contributed by atoms with Crippen LogP contribution in [-0.4, -0.2) is 32.1 Å². The van der Waals surface area contributed by atoms with Crippen LogP contribution in [0.2, 0.25) is 0 Å². The first-order chi connectivity index (χ1) is 9.15. The van der Waals surface area contributed by atoms with Crippen molar-refractivity contribution >= 4 is 5.91 Å². The molecule has 1 rings (SSSR count). The molecule has 0 spiro atoms. The molecule has 0 saturated carbocycles. The Balaban J connectivity index is 2.25. The summed E-state index contributed by atoms with van der Waals surface area (Å²) in [7, 11) is 1.67. The van der Waals surface area contributed by atoms with E-state index < -0.39 is 0 Å². The minimum absolute atomic E-state index is 0.0544. The van der Waals surface area contributed by atoms with Gasteiger partial charge in [-0.05, 0) is 44.4 Å². The number of methoxy groups -OCH3 is 1. The fourth-order valence-electron chi connectivity index (χ4n) is 1.80. The number of rotatable bonds is 8. The Labute approximate surface area is 115 Å². The minimum Gasteiger partial charge on any atom is -0.497 e. The predicted octanol–water partition coefficient (Wildman–Crippen LogP) is 1.74. The molecule has 0 bridgehead atoms. The van der Waals surface area contributed by atoms with Gasteiger partial charge >= 0.3 is 0 Å². The average molecular weight is 264 g/mol. The molecule has 0 saturated heterocycles. The molecule has 106 valence electrons. The van der Waals surface area contributed by atoms with Crippen molar-refractivity contribution in [1.29, 1.82) is 0 Å². The number of nitrogens with one attached hydrogen (secondary N) is 2. The van der Waals surface area contributed by atoms with Crippen molar-refractivity contribution in [1.82, 2.24) is 10.6 Å². The Morgan fingerprint density at radius 1 is 1.32 bits per heavy atom. The molecule has 1 unspecified atom stereocenters. The highest BCUT2D eigenvalue weighted by Crippen LogP contribution is 2.13. The number of hydrogen-bond acceptors (Lipinski definition) is 3. The smallest absolute Gasteiger partial charge is 0.233 e. The van der Waals surface area contributed by atoms with Gasteiger partial charge in [0.05, 0.1) is 13.7 Å². The molecule has 4 nitrogen and oxygen atoms in total. The van der Waals surface area contributed by atoms with E-state index in [4.69, 9.17) is 4.74 Å². The SMILES string of the molecule is CCNC(=O)CNC(C)CCc1ccc(OC)cc1. The molecule has 0 aromatic heterocycles. The van der Waals surface area contributed by atoms with E-state index in [2.05, 4.69) is 29.7 Å². The van der Waals surface area contributed by atoms with Crippen molar-refractivity contribution in [2.45, 2.75) is 32.7 Å². The van der Waals surface area contributed by atoms with Crippen LogP contribution < -0.4 is 15.4 Å². The van der Waals surface area contributed by atoms with E-state index >= 15 is 0 Å². The number of likely N-dealkylation sites (N-methyl/N-ethyl adjacent to an activating group) is 1. The van der Waals surface area contributed by atoms with Crippen molar-refractivity contribution in [3.8, 4) is 5.75 Å². The van der Waals surface area contributed by atoms with Gasteiger partial charge in [0.1, 0.15) is 5.75 Å². The van der Waals surface area contributed by atoms with E-state index in [0.717, 1.165) is 18.6 Å². The monoisotopic (exact) mass is 264 g/mol. The maximum absolute atomic E-state index is 11.3. The topological polar surface area (TPSA) is 50.4 Å². The quantitative estimate of drug-likeness (QED) is 0.752. The number of ether oxygens (including phenoxy) is 1. The Morgan fingerprint density at radius 3 is 2.58 bits per heavy atom. The standard InChI is InChI=1S/C15H24N2O2/c1-4-16-15(18)11-17-12(2)5-6-13-7-9-14(19-3)10-8-13/h7-10,12,17H,4-6,11H2,1-3H3,(H,16,18). The fraction of sp³-hybridized carbons (Fsp3) is 0.533. The molecule has 0 fully saturated rings.